The van der Waals surface area contributed by atoms with E-state index in [0.29, 0.717) is 40.5 Å². The van der Waals surface area contributed by atoms with E-state index in [2.05, 4.69) is 31.7 Å². The highest BCUT2D eigenvalue weighted by Gasteiger charge is 2.22. The average molecular weight is 867 g/mol. The van der Waals surface area contributed by atoms with Gasteiger partial charge in [0.1, 0.15) is 11.5 Å². The SMILES string of the molecule is CCCCCCCCCCCCCCOc1ccccc1NS(=O)(=O)c1ccc2c(NS(=O)(=O)c3ccc(N=Nc4c(C)[nH]n(-c5ccccc5)c4=O)cc3)c(O)ccc2c1. The summed E-state index contributed by atoms with van der Waals surface area (Å²) >= 11 is 0. The molecule has 5 aromatic carbocycles. The van der Waals surface area contributed by atoms with E-state index in [-0.39, 0.29) is 37.9 Å². The van der Waals surface area contributed by atoms with E-state index in [1.54, 1.807) is 43.3 Å². The fourth-order valence-corrected chi connectivity index (χ4v) is 9.18. The highest BCUT2D eigenvalue weighted by Crippen LogP contribution is 2.36. The zero-order chi connectivity index (χ0) is 43.2. The van der Waals surface area contributed by atoms with E-state index < -0.39 is 20.0 Å². The fourth-order valence-electron chi connectivity index (χ4n) is 6.98. The maximum Gasteiger partial charge on any atom is 0.299 e. The van der Waals surface area contributed by atoms with Gasteiger partial charge in [-0.15, -0.1) is 5.11 Å². The Morgan fingerprint density at radius 2 is 1.28 bits per heavy atom. The molecule has 0 atom stereocenters. The van der Waals surface area contributed by atoms with Crippen LogP contribution < -0.4 is 19.7 Å². The Hall–Kier alpha value is -5.93. The monoisotopic (exact) mass is 866 g/mol. The number of H-pyrrole nitrogens is 1. The maximum atomic E-state index is 13.6. The van der Waals surface area contributed by atoms with Crippen LogP contribution >= 0.6 is 0 Å². The Morgan fingerprint density at radius 1 is 0.672 bits per heavy atom. The van der Waals surface area contributed by atoms with Gasteiger partial charge in [-0.1, -0.05) is 120 Å². The second-order valence-electron chi connectivity index (χ2n) is 15.0. The lowest BCUT2D eigenvalue weighted by molar-refractivity contribution is 0.306. The van der Waals surface area contributed by atoms with Gasteiger partial charge >= 0.3 is 0 Å². The Kier molecular flexibility index (Phi) is 15.4. The van der Waals surface area contributed by atoms with Crippen LogP contribution in [0, 0.1) is 6.92 Å². The first kappa shape index (κ1) is 44.6. The predicted molar refractivity (Wildman–Crippen MR) is 242 cm³/mol. The van der Waals surface area contributed by atoms with Crippen molar-refractivity contribution < 1.29 is 26.7 Å². The van der Waals surface area contributed by atoms with E-state index in [1.807, 2.05) is 18.2 Å². The number of aromatic nitrogens is 2. The topological polar surface area (TPSA) is 184 Å². The number of ether oxygens (including phenoxy) is 1. The van der Waals surface area contributed by atoms with Crippen molar-refractivity contribution in [1.82, 2.24) is 9.78 Å². The van der Waals surface area contributed by atoms with Crippen LogP contribution in [0.4, 0.5) is 22.7 Å². The number of fused-ring (bicyclic) bond motifs is 1. The molecule has 6 rings (SSSR count). The molecule has 0 aliphatic rings. The molecule has 0 unspecified atom stereocenters. The summed E-state index contributed by atoms with van der Waals surface area (Å²) in [6, 6.07) is 28.4. The summed E-state index contributed by atoms with van der Waals surface area (Å²) in [5.74, 6) is 0.0778. The van der Waals surface area contributed by atoms with Crippen LogP contribution in [0.5, 0.6) is 11.5 Å². The molecule has 322 valence electrons. The number of nitrogens with zero attached hydrogens (tertiary/aromatic N) is 3. The van der Waals surface area contributed by atoms with Gasteiger partial charge in [-0.25, -0.2) is 21.5 Å². The third-order valence-corrected chi connectivity index (χ3v) is 13.1. The van der Waals surface area contributed by atoms with Crippen molar-refractivity contribution in [3.8, 4) is 17.2 Å². The zero-order valence-corrected chi connectivity index (χ0v) is 36.3. The summed E-state index contributed by atoms with van der Waals surface area (Å²) in [6.45, 7) is 4.41. The van der Waals surface area contributed by atoms with Gasteiger partial charge in [0.05, 0.1) is 44.8 Å². The molecule has 1 aromatic heterocycles. The van der Waals surface area contributed by atoms with Gasteiger partial charge in [0, 0.05) is 5.39 Å². The molecule has 0 aliphatic heterocycles. The summed E-state index contributed by atoms with van der Waals surface area (Å²) in [5, 5.41) is 22.7. The normalized spacial score (nSPS) is 12.0. The van der Waals surface area contributed by atoms with Crippen molar-refractivity contribution in [2.45, 2.75) is 101 Å². The maximum absolute atomic E-state index is 13.6. The summed E-state index contributed by atoms with van der Waals surface area (Å²) < 4.78 is 66.8. The van der Waals surface area contributed by atoms with Crippen LogP contribution in [0.15, 0.2) is 134 Å². The molecule has 0 aliphatic carbocycles. The van der Waals surface area contributed by atoms with Gasteiger partial charge in [0.15, 0.2) is 5.69 Å². The molecule has 0 bridgehead atoms. The third kappa shape index (κ3) is 11.9. The van der Waals surface area contributed by atoms with Crippen LogP contribution in [-0.4, -0.2) is 38.3 Å². The Labute approximate surface area is 358 Å². The molecule has 0 saturated carbocycles. The minimum atomic E-state index is -4.24. The van der Waals surface area contributed by atoms with Crippen LogP contribution in [0.1, 0.15) is 89.7 Å². The number of benzene rings is 5. The summed E-state index contributed by atoms with van der Waals surface area (Å²) in [5.41, 5.74) is 1.36. The second-order valence-corrected chi connectivity index (χ2v) is 18.4. The quantitative estimate of drug-likeness (QED) is 0.0280. The average Bonchev–Trinajstić information content (AvgIpc) is 3.55. The lowest BCUT2D eigenvalue weighted by Gasteiger charge is -2.15. The minimum Gasteiger partial charge on any atom is -0.506 e. The Balaban J connectivity index is 1.06. The molecule has 0 fully saturated rings. The van der Waals surface area contributed by atoms with Crippen molar-refractivity contribution in [3.63, 3.8) is 0 Å². The number of phenolic OH excluding ortho intramolecular Hbond substituents is 1. The number of para-hydroxylation sites is 3. The van der Waals surface area contributed by atoms with Crippen molar-refractivity contribution in [3.05, 3.63) is 125 Å². The van der Waals surface area contributed by atoms with E-state index in [4.69, 9.17) is 4.74 Å². The van der Waals surface area contributed by atoms with Crippen LogP contribution in [-0.2, 0) is 20.0 Å². The fraction of sp³-hybridized carbons (Fsp3) is 0.326. The first-order chi connectivity index (χ1) is 29.5. The number of azo groups is 1. The Morgan fingerprint density at radius 3 is 1.97 bits per heavy atom. The molecular formula is C46H54N6O7S2. The summed E-state index contributed by atoms with van der Waals surface area (Å²) in [6.07, 6.45) is 14.8. The Bertz CT molecular complexity index is 2700. The number of sulfonamides is 2. The highest BCUT2D eigenvalue weighted by molar-refractivity contribution is 7.93. The van der Waals surface area contributed by atoms with E-state index in [1.165, 1.54) is 117 Å². The van der Waals surface area contributed by atoms with Gasteiger partial charge < -0.3 is 9.84 Å². The van der Waals surface area contributed by atoms with Crippen molar-refractivity contribution in [1.29, 1.82) is 0 Å². The smallest absolute Gasteiger partial charge is 0.299 e. The molecule has 1 heterocycles. The third-order valence-electron chi connectivity index (χ3n) is 10.4. The van der Waals surface area contributed by atoms with E-state index in [9.17, 15) is 26.7 Å². The minimum absolute atomic E-state index is 0.0613. The molecular weight excluding hydrogens is 813 g/mol. The molecule has 0 saturated heterocycles. The van der Waals surface area contributed by atoms with Gasteiger partial charge in [-0.05, 0) is 85.5 Å². The van der Waals surface area contributed by atoms with Crippen molar-refractivity contribution in [2.24, 2.45) is 10.2 Å². The van der Waals surface area contributed by atoms with Crippen LogP contribution in [0.25, 0.3) is 16.5 Å². The molecule has 61 heavy (non-hydrogen) atoms. The predicted octanol–water partition coefficient (Wildman–Crippen LogP) is 11.4. The number of aryl methyl sites for hydroxylation is 1. The highest BCUT2D eigenvalue weighted by atomic mass is 32.2. The second kappa shape index (κ2) is 21.0. The number of aromatic hydroxyl groups is 1. The number of nitrogens with one attached hydrogen (secondary N) is 3. The molecule has 0 spiro atoms. The number of phenols is 1. The first-order valence-electron chi connectivity index (χ1n) is 20.9. The van der Waals surface area contributed by atoms with Gasteiger partial charge in [0.2, 0.25) is 0 Å². The number of aromatic amines is 1. The van der Waals surface area contributed by atoms with E-state index >= 15 is 0 Å². The number of anilines is 2. The van der Waals surface area contributed by atoms with Gasteiger partial charge in [0.25, 0.3) is 25.6 Å². The molecule has 6 aromatic rings. The van der Waals surface area contributed by atoms with Crippen molar-refractivity contribution >= 4 is 53.6 Å². The number of unbranched alkanes of at least 4 members (excludes halogenated alkanes) is 11. The summed E-state index contributed by atoms with van der Waals surface area (Å²) in [4.78, 5) is 12.8. The number of rotatable bonds is 23. The lowest BCUT2D eigenvalue weighted by atomic mass is 10.1. The van der Waals surface area contributed by atoms with Crippen LogP contribution in [0.3, 0.4) is 0 Å². The number of hydrogen-bond acceptors (Lipinski definition) is 9. The zero-order valence-electron chi connectivity index (χ0n) is 34.6. The largest absolute Gasteiger partial charge is 0.506 e. The number of hydrogen-bond donors (Lipinski definition) is 4. The first-order valence-corrected chi connectivity index (χ1v) is 23.9. The van der Waals surface area contributed by atoms with Gasteiger partial charge in [-0.2, -0.15) is 5.11 Å². The standard InChI is InChI=1S/C46H54N6O7S2/c1-3-4-5-6-7-8-9-10-11-12-13-19-32-59-43-23-18-17-22-41(43)50-61(57,58)39-29-30-40-35(33-39)24-31-42(53)45(40)51-60(55,56)38-27-25-36(26-28-38)47-48-44-34(2)49-52(46(44)54)37-20-15-14-16-21-37/h14-18,20-31,33,49-51,53H,3-13,19,32H2,1-2H3. The van der Waals surface area contributed by atoms with Crippen molar-refractivity contribution in [2.75, 3.05) is 16.1 Å². The van der Waals surface area contributed by atoms with Gasteiger partial charge in [-0.3, -0.25) is 19.3 Å². The molecule has 0 radical (unpaired) electrons. The molecule has 13 nitrogen and oxygen atoms in total. The summed E-state index contributed by atoms with van der Waals surface area (Å²) in [7, 11) is -8.34. The van der Waals surface area contributed by atoms with Crippen LogP contribution in [0.2, 0.25) is 0 Å². The van der Waals surface area contributed by atoms with E-state index in [0.717, 1.165) is 19.3 Å². The molecule has 0 amide bonds. The molecule has 15 heteroatoms. The molecule has 4 N–H and O–H groups in total. The lowest BCUT2D eigenvalue weighted by Crippen LogP contribution is -2.15.